The summed E-state index contributed by atoms with van der Waals surface area (Å²) >= 11 is 5.92. The normalized spacial score (nSPS) is 21.0. The van der Waals surface area contributed by atoms with Crippen LogP contribution in [0.15, 0.2) is 42.5 Å². The molecule has 29 heavy (non-hydrogen) atoms. The first-order chi connectivity index (χ1) is 14.0. The van der Waals surface area contributed by atoms with Crippen LogP contribution in [0.25, 0.3) is 0 Å². The van der Waals surface area contributed by atoms with Crippen molar-refractivity contribution in [2.75, 3.05) is 13.1 Å². The molecule has 4 rings (SSSR count). The Labute approximate surface area is 175 Å². The van der Waals surface area contributed by atoms with E-state index in [0.29, 0.717) is 29.5 Å². The van der Waals surface area contributed by atoms with E-state index >= 15 is 0 Å². The predicted octanol–water partition coefficient (Wildman–Crippen LogP) is 4.06. The quantitative estimate of drug-likeness (QED) is 0.712. The Balaban J connectivity index is 1.44. The lowest BCUT2D eigenvalue weighted by molar-refractivity contribution is 0.0687. The molecule has 2 fully saturated rings. The summed E-state index contributed by atoms with van der Waals surface area (Å²) in [4.78, 5) is 33.7. The SMILES string of the molecule is Cc1nc(Cl)ccc1C(=O)N1CCC2CCC(C1)N2C(=O)OCc1ccccc1. The van der Waals surface area contributed by atoms with Crippen LogP contribution in [0.3, 0.4) is 0 Å². The van der Waals surface area contributed by atoms with Crippen molar-refractivity contribution in [3.8, 4) is 0 Å². The van der Waals surface area contributed by atoms with Gasteiger partial charge in [-0.3, -0.25) is 4.79 Å². The smallest absolute Gasteiger partial charge is 0.410 e. The molecule has 0 spiro atoms. The molecule has 2 atom stereocenters. The van der Waals surface area contributed by atoms with Crippen LogP contribution in [-0.2, 0) is 11.3 Å². The Hall–Kier alpha value is -2.60. The van der Waals surface area contributed by atoms with E-state index in [2.05, 4.69) is 4.98 Å². The Morgan fingerprint density at radius 1 is 1.10 bits per heavy atom. The van der Waals surface area contributed by atoms with Gasteiger partial charge in [0.25, 0.3) is 5.91 Å². The number of pyridine rings is 1. The molecule has 3 heterocycles. The molecule has 2 bridgehead atoms. The van der Waals surface area contributed by atoms with Crippen molar-refractivity contribution in [3.63, 3.8) is 0 Å². The summed E-state index contributed by atoms with van der Waals surface area (Å²) in [5, 5.41) is 0.376. The van der Waals surface area contributed by atoms with Gasteiger partial charge in [-0.05, 0) is 43.9 Å². The van der Waals surface area contributed by atoms with Crippen molar-refractivity contribution in [1.29, 1.82) is 0 Å². The molecule has 0 N–H and O–H groups in total. The highest BCUT2D eigenvalue weighted by Crippen LogP contribution is 2.31. The molecule has 6 nitrogen and oxygen atoms in total. The van der Waals surface area contributed by atoms with Gasteiger partial charge in [-0.2, -0.15) is 0 Å². The van der Waals surface area contributed by atoms with Crippen LogP contribution < -0.4 is 0 Å². The molecule has 0 saturated carbocycles. The fourth-order valence-corrected chi connectivity index (χ4v) is 4.47. The minimum absolute atomic E-state index is 0.0183. The van der Waals surface area contributed by atoms with Gasteiger partial charge in [0.15, 0.2) is 0 Å². The number of hydrogen-bond acceptors (Lipinski definition) is 4. The molecule has 2 unspecified atom stereocenters. The lowest BCUT2D eigenvalue weighted by atomic mass is 10.1. The molecule has 0 radical (unpaired) electrons. The number of ether oxygens (including phenoxy) is 1. The Morgan fingerprint density at radius 2 is 1.86 bits per heavy atom. The third-order valence-electron chi connectivity index (χ3n) is 5.77. The topological polar surface area (TPSA) is 62.7 Å². The van der Waals surface area contributed by atoms with Gasteiger partial charge in [0.1, 0.15) is 11.8 Å². The van der Waals surface area contributed by atoms with E-state index in [0.717, 1.165) is 24.8 Å². The number of carbonyl (C=O) groups excluding carboxylic acids is 2. The largest absolute Gasteiger partial charge is 0.445 e. The second kappa shape index (κ2) is 8.41. The number of likely N-dealkylation sites (tertiary alicyclic amines) is 1. The minimum Gasteiger partial charge on any atom is -0.445 e. The molecule has 0 aliphatic carbocycles. The summed E-state index contributed by atoms with van der Waals surface area (Å²) < 4.78 is 5.58. The zero-order valence-electron chi connectivity index (χ0n) is 16.4. The molecule has 152 valence electrons. The first kappa shape index (κ1) is 19.7. The van der Waals surface area contributed by atoms with Crippen LogP contribution >= 0.6 is 11.6 Å². The third-order valence-corrected chi connectivity index (χ3v) is 5.98. The molecule has 2 saturated heterocycles. The molecular weight excluding hydrogens is 390 g/mol. The molecule has 2 amide bonds. The summed E-state index contributed by atoms with van der Waals surface area (Å²) in [6, 6.07) is 13.1. The third kappa shape index (κ3) is 4.22. The zero-order chi connectivity index (χ0) is 20.4. The number of nitrogens with zero attached hydrogens (tertiary/aromatic N) is 3. The van der Waals surface area contributed by atoms with Gasteiger partial charge >= 0.3 is 6.09 Å². The second-order valence-corrected chi connectivity index (χ2v) is 8.03. The maximum atomic E-state index is 13.1. The number of hydrogen-bond donors (Lipinski definition) is 0. The van der Waals surface area contributed by atoms with Crippen LogP contribution in [-0.4, -0.2) is 52.0 Å². The maximum Gasteiger partial charge on any atom is 0.410 e. The van der Waals surface area contributed by atoms with Gasteiger partial charge in [-0.1, -0.05) is 41.9 Å². The number of aromatic nitrogens is 1. The van der Waals surface area contributed by atoms with E-state index in [4.69, 9.17) is 16.3 Å². The summed E-state index contributed by atoms with van der Waals surface area (Å²) in [5.41, 5.74) is 2.15. The number of benzene rings is 1. The number of carbonyl (C=O) groups is 2. The molecule has 2 aliphatic rings. The van der Waals surface area contributed by atoms with E-state index < -0.39 is 0 Å². The zero-order valence-corrected chi connectivity index (χ0v) is 17.1. The van der Waals surface area contributed by atoms with Gasteiger partial charge < -0.3 is 14.5 Å². The molecular formula is C22H24ClN3O3. The number of rotatable bonds is 3. The van der Waals surface area contributed by atoms with Gasteiger partial charge in [-0.25, -0.2) is 9.78 Å². The number of halogens is 1. The van der Waals surface area contributed by atoms with Crippen LogP contribution in [0.4, 0.5) is 4.79 Å². The monoisotopic (exact) mass is 413 g/mol. The van der Waals surface area contributed by atoms with Crippen LogP contribution in [0.2, 0.25) is 5.15 Å². The lowest BCUT2D eigenvalue weighted by Crippen LogP contribution is -2.44. The van der Waals surface area contributed by atoms with E-state index in [1.165, 1.54) is 0 Å². The van der Waals surface area contributed by atoms with Gasteiger partial charge in [-0.15, -0.1) is 0 Å². The Morgan fingerprint density at radius 3 is 2.62 bits per heavy atom. The number of aryl methyl sites for hydroxylation is 1. The van der Waals surface area contributed by atoms with Gasteiger partial charge in [0, 0.05) is 19.1 Å². The van der Waals surface area contributed by atoms with Crippen molar-refractivity contribution in [2.24, 2.45) is 0 Å². The summed E-state index contributed by atoms with van der Waals surface area (Å²) in [5.74, 6) is -0.0585. The van der Waals surface area contributed by atoms with Gasteiger partial charge in [0.05, 0.1) is 17.3 Å². The minimum atomic E-state index is -0.292. The highest BCUT2D eigenvalue weighted by atomic mass is 35.5. The first-order valence-corrected chi connectivity index (χ1v) is 10.3. The van der Waals surface area contributed by atoms with E-state index in [-0.39, 0.29) is 30.7 Å². The molecule has 2 aromatic rings. The molecule has 2 aliphatic heterocycles. The highest BCUT2D eigenvalue weighted by molar-refractivity contribution is 6.29. The van der Waals surface area contributed by atoms with E-state index in [1.807, 2.05) is 40.1 Å². The predicted molar refractivity (Wildman–Crippen MR) is 110 cm³/mol. The first-order valence-electron chi connectivity index (χ1n) is 9.94. The standard InChI is InChI=1S/C22H24ClN3O3/c1-15-19(9-10-20(23)24-15)21(27)25-12-11-17-7-8-18(13-25)26(17)22(28)29-14-16-5-3-2-4-6-16/h2-6,9-10,17-18H,7-8,11-14H2,1H3. The lowest BCUT2D eigenvalue weighted by Gasteiger charge is -2.28. The Kier molecular flexibility index (Phi) is 5.72. The van der Waals surface area contributed by atoms with Crippen molar-refractivity contribution in [1.82, 2.24) is 14.8 Å². The fraction of sp³-hybridized carbons (Fsp3) is 0.409. The fourth-order valence-electron chi connectivity index (χ4n) is 4.28. The molecule has 1 aromatic heterocycles. The summed E-state index contributed by atoms with van der Waals surface area (Å²) in [6.07, 6.45) is 2.30. The second-order valence-electron chi connectivity index (χ2n) is 7.64. The summed E-state index contributed by atoms with van der Waals surface area (Å²) in [6.45, 7) is 3.17. The highest BCUT2D eigenvalue weighted by Gasteiger charge is 2.42. The molecule has 7 heteroatoms. The van der Waals surface area contributed by atoms with Gasteiger partial charge in [0.2, 0.25) is 0 Å². The Bertz CT molecular complexity index is 905. The van der Waals surface area contributed by atoms with Crippen LogP contribution in [0.5, 0.6) is 0 Å². The maximum absolute atomic E-state index is 13.1. The number of fused-ring (bicyclic) bond motifs is 2. The number of amides is 2. The van der Waals surface area contributed by atoms with Crippen molar-refractivity contribution in [2.45, 2.75) is 44.9 Å². The average Bonchev–Trinajstić information content (AvgIpc) is 3.00. The van der Waals surface area contributed by atoms with Crippen molar-refractivity contribution < 1.29 is 14.3 Å². The van der Waals surface area contributed by atoms with Crippen LogP contribution in [0.1, 0.15) is 40.9 Å². The van der Waals surface area contributed by atoms with E-state index in [1.54, 1.807) is 19.1 Å². The van der Waals surface area contributed by atoms with Crippen molar-refractivity contribution >= 4 is 23.6 Å². The van der Waals surface area contributed by atoms with E-state index in [9.17, 15) is 9.59 Å². The van der Waals surface area contributed by atoms with Crippen molar-refractivity contribution in [3.05, 3.63) is 64.4 Å². The van der Waals surface area contributed by atoms with Crippen LogP contribution in [0, 0.1) is 6.92 Å². The summed E-state index contributed by atoms with van der Waals surface area (Å²) in [7, 11) is 0. The molecule has 1 aromatic carbocycles. The average molecular weight is 414 g/mol.